The normalized spacial score (nSPS) is 10.1. The molecule has 1 heterocycles. The van der Waals surface area contributed by atoms with Crippen LogP contribution in [0.15, 0.2) is 24.3 Å². The van der Waals surface area contributed by atoms with Gasteiger partial charge in [0.25, 0.3) is 0 Å². The zero-order valence-corrected chi connectivity index (χ0v) is 11.9. The molecule has 0 N–H and O–H groups in total. The number of aromatic nitrogens is 1. The van der Waals surface area contributed by atoms with Gasteiger partial charge >= 0.3 is 0 Å². The molecule has 0 aliphatic carbocycles. The van der Waals surface area contributed by atoms with E-state index in [0.717, 1.165) is 11.3 Å². The van der Waals surface area contributed by atoms with Gasteiger partial charge in [-0.05, 0) is 37.6 Å². The first-order valence-corrected chi connectivity index (χ1v) is 6.28. The maximum absolute atomic E-state index is 9.15. The summed E-state index contributed by atoms with van der Waals surface area (Å²) in [6.45, 7) is 3.69. The number of halogens is 2. The maximum Gasteiger partial charge on any atom is 0.237 e. The molecule has 3 nitrogen and oxygen atoms in total. The predicted octanol–water partition coefficient (Wildman–Crippen LogP) is 4.67. The summed E-state index contributed by atoms with van der Waals surface area (Å²) >= 11 is 11.8. The zero-order chi connectivity index (χ0) is 14.0. The molecule has 0 aliphatic rings. The van der Waals surface area contributed by atoms with Crippen molar-refractivity contribution in [2.75, 3.05) is 0 Å². The first-order chi connectivity index (χ1) is 9.01. The number of benzene rings is 1. The monoisotopic (exact) mass is 292 g/mol. The van der Waals surface area contributed by atoms with Crippen LogP contribution >= 0.6 is 23.2 Å². The molecule has 0 spiro atoms. The van der Waals surface area contributed by atoms with Crippen molar-refractivity contribution in [1.29, 1.82) is 5.26 Å². The van der Waals surface area contributed by atoms with Gasteiger partial charge in [-0.3, -0.25) is 0 Å². The Morgan fingerprint density at radius 3 is 2.53 bits per heavy atom. The number of rotatable bonds is 2. The lowest BCUT2D eigenvalue weighted by Gasteiger charge is -2.09. The van der Waals surface area contributed by atoms with Crippen molar-refractivity contribution >= 4 is 23.2 Å². The topological polar surface area (TPSA) is 45.9 Å². The van der Waals surface area contributed by atoms with Gasteiger partial charge in [-0.1, -0.05) is 23.2 Å². The maximum atomic E-state index is 9.15. The van der Waals surface area contributed by atoms with Crippen molar-refractivity contribution in [2.24, 2.45) is 0 Å². The average Bonchev–Trinajstić information content (AvgIpc) is 2.33. The van der Waals surface area contributed by atoms with Crippen LogP contribution in [0, 0.1) is 25.2 Å². The minimum atomic E-state index is 0.276. The standard InChI is InChI=1S/C14H10Cl2N2O/c1-8-5-9(2)18-14(11(8)7-17)19-10-3-4-12(15)13(16)6-10/h3-6H,1-2H3. The van der Waals surface area contributed by atoms with E-state index in [9.17, 15) is 0 Å². The van der Waals surface area contributed by atoms with E-state index < -0.39 is 0 Å². The van der Waals surface area contributed by atoms with E-state index in [1.54, 1.807) is 18.2 Å². The molecular formula is C14H10Cl2N2O. The Bertz CT molecular complexity index is 678. The second kappa shape index (κ2) is 5.48. The summed E-state index contributed by atoms with van der Waals surface area (Å²) in [6, 6.07) is 8.82. The van der Waals surface area contributed by atoms with Crippen LogP contribution in [0.25, 0.3) is 0 Å². The van der Waals surface area contributed by atoms with Gasteiger partial charge in [0.05, 0.1) is 10.0 Å². The number of nitrogens with zero attached hydrogens (tertiary/aromatic N) is 2. The number of pyridine rings is 1. The summed E-state index contributed by atoms with van der Waals surface area (Å²) in [6.07, 6.45) is 0. The molecule has 0 atom stereocenters. The smallest absolute Gasteiger partial charge is 0.237 e. The third-order valence-corrected chi connectivity index (χ3v) is 3.27. The second-order valence-electron chi connectivity index (χ2n) is 4.05. The van der Waals surface area contributed by atoms with Crippen molar-refractivity contribution in [1.82, 2.24) is 4.98 Å². The summed E-state index contributed by atoms with van der Waals surface area (Å²) in [5.74, 6) is 0.766. The number of hydrogen-bond acceptors (Lipinski definition) is 3. The van der Waals surface area contributed by atoms with Crippen LogP contribution in [-0.2, 0) is 0 Å². The number of hydrogen-bond donors (Lipinski definition) is 0. The molecule has 0 amide bonds. The molecule has 0 saturated carbocycles. The lowest BCUT2D eigenvalue weighted by molar-refractivity contribution is 0.459. The molecule has 0 fully saturated rings. The predicted molar refractivity (Wildman–Crippen MR) is 75.0 cm³/mol. The summed E-state index contributed by atoms with van der Waals surface area (Å²) in [5.41, 5.74) is 2.02. The van der Waals surface area contributed by atoms with Crippen molar-refractivity contribution in [2.45, 2.75) is 13.8 Å². The first-order valence-electron chi connectivity index (χ1n) is 5.52. The van der Waals surface area contributed by atoms with Gasteiger partial charge in [-0.25, -0.2) is 4.98 Å². The van der Waals surface area contributed by atoms with Crippen LogP contribution in [0.2, 0.25) is 10.0 Å². The molecule has 19 heavy (non-hydrogen) atoms. The number of ether oxygens (including phenoxy) is 1. The van der Waals surface area contributed by atoms with Crippen LogP contribution < -0.4 is 4.74 Å². The lowest BCUT2D eigenvalue weighted by Crippen LogP contribution is -1.96. The fourth-order valence-electron chi connectivity index (χ4n) is 1.66. The Labute approximate surface area is 121 Å². The first kappa shape index (κ1) is 13.7. The summed E-state index contributed by atoms with van der Waals surface area (Å²) in [5, 5.41) is 9.99. The van der Waals surface area contributed by atoms with Gasteiger partial charge in [-0.2, -0.15) is 5.26 Å². The molecule has 0 radical (unpaired) electrons. The Balaban J connectivity index is 2.43. The third-order valence-electron chi connectivity index (χ3n) is 2.53. The third kappa shape index (κ3) is 2.98. The van der Waals surface area contributed by atoms with E-state index in [4.69, 9.17) is 33.2 Å². The molecular weight excluding hydrogens is 283 g/mol. The SMILES string of the molecule is Cc1cc(C)c(C#N)c(Oc2ccc(Cl)c(Cl)c2)n1. The van der Waals surface area contributed by atoms with E-state index in [-0.39, 0.29) is 5.88 Å². The number of aryl methyl sites for hydroxylation is 2. The van der Waals surface area contributed by atoms with Crippen LogP contribution in [0.4, 0.5) is 0 Å². The largest absolute Gasteiger partial charge is 0.438 e. The van der Waals surface area contributed by atoms with E-state index in [2.05, 4.69) is 11.1 Å². The summed E-state index contributed by atoms with van der Waals surface area (Å²) < 4.78 is 5.62. The van der Waals surface area contributed by atoms with E-state index >= 15 is 0 Å². The average molecular weight is 293 g/mol. The van der Waals surface area contributed by atoms with Crippen molar-refractivity contribution < 1.29 is 4.74 Å². The van der Waals surface area contributed by atoms with Crippen LogP contribution in [0.1, 0.15) is 16.8 Å². The van der Waals surface area contributed by atoms with Gasteiger partial charge in [0.2, 0.25) is 5.88 Å². The molecule has 0 aliphatic heterocycles. The van der Waals surface area contributed by atoms with E-state index in [1.165, 1.54) is 0 Å². The second-order valence-corrected chi connectivity index (χ2v) is 4.86. The van der Waals surface area contributed by atoms with Crippen LogP contribution in [0.5, 0.6) is 11.6 Å². The molecule has 1 aromatic heterocycles. The Kier molecular flexibility index (Phi) is 3.94. The highest BCUT2D eigenvalue weighted by Crippen LogP contribution is 2.30. The van der Waals surface area contributed by atoms with Crippen molar-refractivity contribution in [3.05, 3.63) is 51.1 Å². The zero-order valence-electron chi connectivity index (χ0n) is 10.4. The lowest BCUT2D eigenvalue weighted by atomic mass is 10.1. The van der Waals surface area contributed by atoms with Crippen LogP contribution in [-0.4, -0.2) is 4.98 Å². The molecule has 1 aromatic carbocycles. The Morgan fingerprint density at radius 1 is 1.16 bits per heavy atom. The van der Waals surface area contributed by atoms with E-state index in [0.29, 0.717) is 21.4 Å². The molecule has 96 valence electrons. The number of nitriles is 1. The van der Waals surface area contributed by atoms with Gasteiger partial charge in [0.15, 0.2) is 0 Å². The highest BCUT2D eigenvalue weighted by Gasteiger charge is 2.11. The summed E-state index contributed by atoms with van der Waals surface area (Å²) in [4.78, 5) is 4.23. The molecule has 0 unspecified atom stereocenters. The van der Waals surface area contributed by atoms with E-state index in [1.807, 2.05) is 19.9 Å². The van der Waals surface area contributed by atoms with Crippen LogP contribution in [0.3, 0.4) is 0 Å². The van der Waals surface area contributed by atoms with Gasteiger partial charge in [-0.15, -0.1) is 0 Å². The highest BCUT2D eigenvalue weighted by atomic mass is 35.5. The quantitative estimate of drug-likeness (QED) is 0.808. The van der Waals surface area contributed by atoms with Crippen molar-refractivity contribution in [3.8, 4) is 17.7 Å². The Morgan fingerprint density at radius 2 is 1.89 bits per heavy atom. The Hall–Kier alpha value is -1.76. The molecule has 2 aromatic rings. The fourth-order valence-corrected chi connectivity index (χ4v) is 1.95. The fraction of sp³-hybridized carbons (Fsp3) is 0.143. The minimum absolute atomic E-state index is 0.276. The van der Waals surface area contributed by atoms with Crippen molar-refractivity contribution in [3.63, 3.8) is 0 Å². The van der Waals surface area contributed by atoms with Gasteiger partial charge in [0.1, 0.15) is 17.4 Å². The molecule has 0 bridgehead atoms. The highest BCUT2D eigenvalue weighted by molar-refractivity contribution is 6.42. The summed E-state index contributed by atoms with van der Waals surface area (Å²) in [7, 11) is 0. The van der Waals surface area contributed by atoms with Gasteiger partial charge in [0, 0.05) is 11.8 Å². The molecule has 0 saturated heterocycles. The molecule has 5 heteroatoms. The molecule has 2 rings (SSSR count). The van der Waals surface area contributed by atoms with Gasteiger partial charge < -0.3 is 4.74 Å². The minimum Gasteiger partial charge on any atom is -0.438 e.